The van der Waals surface area contributed by atoms with E-state index >= 15 is 0 Å². The number of nitrogens with one attached hydrogen (secondary N) is 2. The first kappa shape index (κ1) is 26.4. The molecule has 7 heteroatoms. The highest BCUT2D eigenvalue weighted by Gasteiger charge is 2.40. The normalized spacial score (nSPS) is 14.5. The van der Waals surface area contributed by atoms with Crippen molar-refractivity contribution in [1.82, 2.24) is 15.5 Å². The van der Waals surface area contributed by atoms with Gasteiger partial charge in [0.2, 0.25) is 11.8 Å². The molecule has 7 nitrogen and oxygen atoms in total. The van der Waals surface area contributed by atoms with Crippen molar-refractivity contribution in [1.29, 1.82) is 0 Å². The predicted molar refractivity (Wildman–Crippen MR) is 123 cm³/mol. The Balaban J connectivity index is 3.10. The number of hydrogen-bond acceptors (Lipinski definition) is 4. The van der Waals surface area contributed by atoms with Crippen molar-refractivity contribution in [2.24, 2.45) is 5.41 Å². The second-order valence-corrected chi connectivity index (χ2v) is 9.53. The summed E-state index contributed by atoms with van der Waals surface area (Å²) in [5, 5.41) is 15.1. The molecule has 0 aromatic heterocycles. The number of carbonyl (C=O) groups excluding carboxylic acids is 2. The zero-order valence-electron chi connectivity index (χ0n) is 19.9. The summed E-state index contributed by atoms with van der Waals surface area (Å²) in [6, 6.07) is 8.43. The Morgan fingerprint density at radius 3 is 2.06 bits per heavy atom. The maximum Gasteiger partial charge on any atom is 0.331 e. The molecule has 0 heterocycles. The second kappa shape index (κ2) is 10.6. The van der Waals surface area contributed by atoms with Gasteiger partial charge in [0.25, 0.3) is 0 Å². The number of carboxylic acid groups (broad SMARTS) is 1. The SMILES string of the molecule is CN[C@H](C(=O)N[C@H](C(=O)N(C)CC=C(C)C(=O)O)C(C)(C)C)C(C)(C)c1ccccc1. The number of rotatable bonds is 9. The highest BCUT2D eigenvalue weighted by atomic mass is 16.4. The maximum atomic E-state index is 13.3. The Labute approximate surface area is 185 Å². The molecule has 172 valence electrons. The van der Waals surface area contributed by atoms with E-state index in [1.165, 1.54) is 17.9 Å². The quantitative estimate of drug-likeness (QED) is 0.522. The molecule has 1 rings (SSSR count). The summed E-state index contributed by atoms with van der Waals surface area (Å²) in [5.41, 5.74) is 0.117. The van der Waals surface area contributed by atoms with E-state index in [9.17, 15) is 14.4 Å². The van der Waals surface area contributed by atoms with Crippen LogP contribution >= 0.6 is 0 Å². The Kier molecular flexibility index (Phi) is 8.99. The summed E-state index contributed by atoms with van der Waals surface area (Å²) in [7, 11) is 3.33. The molecule has 0 saturated heterocycles. The first-order valence-electron chi connectivity index (χ1n) is 10.4. The van der Waals surface area contributed by atoms with Crippen LogP contribution in [0.25, 0.3) is 0 Å². The van der Waals surface area contributed by atoms with Gasteiger partial charge >= 0.3 is 5.97 Å². The Morgan fingerprint density at radius 1 is 1.06 bits per heavy atom. The summed E-state index contributed by atoms with van der Waals surface area (Å²) >= 11 is 0. The van der Waals surface area contributed by atoms with E-state index < -0.39 is 28.9 Å². The molecule has 0 fully saturated rings. The van der Waals surface area contributed by atoms with Crippen LogP contribution in [0.15, 0.2) is 42.0 Å². The van der Waals surface area contributed by atoms with Crippen molar-refractivity contribution >= 4 is 17.8 Å². The molecule has 3 N–H and O–H groups in total. The van der Waals surface area contributed by atoms with Gasteiger partial charge in [-0.2, -0.15) is 0 Å². The minimum atomic E-state index is -1.03. The molecular weight excluding hydrogens is 394 g/mol. The average molecular weight is 432 g/mol. The van der Waals surface area contributed by atoms with E-state index in [0.717, 1.165) is 5.56 Å². The first-order valence-corrected chi connectivity index (χ1v) is 10.4. The van der Waals surface area contributed by atoms with Crippen molar-refractivity contribution in [3.8, 4) is 0 Å². The van der Waals surface area contributed by atoms with E-state index in [1.807, 2.05) is 65.0 Å². The van der Waals surface area contributed by atoms with Crippen LogP contribution in [0.2, 0.25) is 0 Å². The molecule has 31 heavy (non-hydrogen) atoms. The van der Waals surface area contributed by atoms with Gasteiger partial charge in [-0.15, -0.1) is 0 Å². The largest absolute Gasteiger partial charge is 0.478 e. The Morgan fingerprint density at radius 2 is 1.61 bits per heavy atom. The van der Waals surface area contributed by atoms with Crippen molar-refractivity contribution in [3.05, 3.63) is 47.5 Å². The van der Waals surface area contributed by atoms with E-state index in [-0.39, 0.29) is 23.9 Å². The minimum absolute atomic E-state index is 0.143. The summed E-state index contributed by atoms with van der Waals surface area (Å²) in [6.45, 7) is 11.3. The fraction of sp³-hybridized carbons (Fsp3) is 0.542. The Hall–Kier alpha value is -2.67. The highest BCUT2D eigenvalue weighted by Crippen LogP contribution is 2.28. The average Bonchev–Trinajstić information content (AvgIpc) is 2.69. The molecule has 0 spiro atoms. The lowest BCUT2D eigenvalue weighted by Gasteiger charge is -2.38. The monoisotopic (exact) mass is 431 g/mol. The third-order valence-corrected chi connectivity index (χ3v) is 5.57. The van der Waals surface area contributed by atoms with Crippen LogP contribution in [0.4, 0.5) is 0 Å². The van der Waals surface area contributed by atoms with Crippen molar-refractivity contribution < 1.29 is 19.5 Å². The molecule has 0 unspecified atom stereocenters. The fourth-order valence-corrected chi connectivity index (χ4v) is 3.40. The van der Waals surface area contributed by atoms with Crippen LogP contribution in [-0.4, -0.2) is 60.5 Å². The first-order chi connectivity index (χ1) is 14.2. The number of aliphatic carboxylic acids is 1. The zero-order valence-corrected chi connectivity index (χ0v) is 19.9. The lowest BCUT2D eigenvalue weighted by molar-refractivity contribution is -0.139. The highest BCUT2D eigenvalue weighted by molar-refractivity contribution is 5.91. The van der Waals surface area contributed by atoms with Gasteiger partial charge in [0.05, 0.1) is 6.04 Å². The lowest BCUT2D eigenvalue weighted by atomic mass is 9.76. The number of carbonyl (C=O) groups is 3. The number of hydrogen-bond donors (Lipinski definition) is 3. The standard InChI is InChI=1S/C24H37N3O4/c1-16(22(30)31)14-15-27(8)21(29)19(23(2,3)4)26-20(28)18(25-7)24(5,6)17-12-10-9-11-13-17/h9-14,18-19,25H,15H2,1-8H3,(H,26,28)(H,30,31)/t18-,19-/m1/s1. The van der Waals surface area contributed by atoms with Crippen molar-refractivity contribution in [2.45, 2.75) is 59.0 Å². The number of benzene rings is 1. The molecule has 2 amide bonds. The number of carboxylic acids is 1. The van der Waals surface area contributed by atoms with Crippen molar-refractivity contribution in [2.75, 3.05) is 20.6 Å². The molecule has 2 atom stereocenters. The van der Waals surface area contributed by atoms with Gasteiger partial charge in [-0.1, -0.05) is 71.0 Å². The van der Waals surface area contributed by atoms with Crippen LogP contribution in [-0.2, 0) is 19.8 Å². The smallest absolute Gasteiger partial charge is 0.331 e. The molecule has 1 aromatic rings. The molecule has 0 aliphatic rings. The van der Waals surface area contributed by atoms with Crippen LogP contribution in [0.1, 0.15) is 47.1 Å². The summed E-state index contributed by atoms with van der Waals surface area (Å²) < 4.78 is 0. The second-order valence-electron chi connectivity index (χ2n) is 9.53. The van der Waals surface area contributed by atoms with E-state index in [0.29, 0.717) is 0 Å². The number of nitrogens with zero attached hydrogens (tertiary/aromatic N) is 1. The summed E-state index contributed by atoms with van der Waals surface area (Å²) in [5.74, 6) is -1.57. The van der Waals surface area contributed by atoms with Gasteiger partial charge in [0.1, 0.15) is 6.04 Å². The minimum Gasteiger partial charge on any atom is -0.478 e. The van der Waals surface area contributed by atoms with Gasteiger partial charge in [-0.25, -0.2) is 4.79 Å². The van der Waals surface area contributed by atoms with Gasteiger partial charge in [-0.3, -0.25) is 9.59 Å². The molecule has 1 aromatic carbocycles. The molecule has 0 aliphatic carbocycles. The van der Waals surface area contributed by atoms with E-state index in [1.54, 1.807) is 14.1 Å². The van der Waals surface area contributed by atoms with E-state index in [2.05, 4.69) is 10.6 Å². The van der Waals surface area contributed by atoms with Gasteiger partial charge in [-0.05, 0) is 24.9 Å². The van der Waals surface area contributed by atoms with Crippen LogP contribution in [0.3, 0.4) is 0 Å². The molecule has 0 saturated carbocycles. The molecule has 0 bridgehead atoms. The maximum absolute atomic E-state index is 13.3. The topological polar surface area (TPSA) is 98.7 Å². The van der Waals surface area contributed by atoms with E-state index in [4.69, 9.17) is 5.11 Å². The zero-order chi connectivity index (χ0) is 24.0. The predicted octanol–water partition coefficient (Wildman–Crippen LogP) is 2.57. The van der Waals surface area contributed by atoms with Crippen LogP contribution in [0, 0.1) is 5.41 Å². The molecule has 0 aliphatic heterocycles. The van der Waals surface area contributed by atoms with Gasteiger partial charge in [0.15, 0.2) is 0 Å². The lowest BCUT2D eigenvalue weighted by Crippen LogP contribution is -2.60. The molecular formula is C24H37N3O4. The third-order valence-electron chi connectivity index (χ3n) is 5.57. The molecule has 0 radical (unpaired) electrons. The number of likely N-dealkylation sites (N-methyl/N-ethyl adjacent to an activating group) is 2. The van der Waals surface area contributed by atoms with Gasteiger partial charge < -0.3 is 20.6 Å². The third kappa shape index (κ3) is 6.92. The summed E-state index contributed by atoms with van der Waals surface area (Å²) in [4.78, 5) is 38.9. The van der Waals surface area contributed by atoms with Gasteiger partial charge in [0, 0.05) is 24.6 Å². The van der Waals surface area contributed by atoms with Crippen molar-refractivity contribution in [3.63, 3.8) is 0 Å². The Bertz CT molecular complexity index is 810. The number of amides is 2. The fourth-order valence-electron chi connectivity index (χ4n) is 3.40. The van der Waals surface area contributed by atoms with Crippen LogP contribution in [0.5, 0.6) is 0 Å². The van der Waals surface area contributed by atoms with Crippen LogP contribution < -0.4 is 10.6 Å². The summed E-state index contributed by atoms with van der Waals surface area (Å²) in [6.07, 6.45) is 1.48.